The Bertz CT molecular complexity index is 1390. The Morgan fingerprint density at radius 1 is 1.00 bits per heavy atom. The number of carbonyl (C=O) groups is 2. The SMILES string of the molecule is Cc1cc(Oc2ccccc2)ccc1N(C(=O)CCl)[C@H](C(=O)N1CCN(OC(C)(C)C)[C@@H](C(C)C)C1)c1ccc(F)cc1. The van der Waals surface area contributed by atoms with Crippen LogP contribution in [0.2, 0.25) is 0 Å². The van der Waals surface area contributed by atoms with Gasteiger partial charge in [0.05, 0.1) is 11.6 Å². The molecule has 0 aliphatic carbocycles. The molecule has 2 atom stereocenters. The maximum absolute atomic E-state index is 14.5. The van der Waals surface area contributed by atoms with Crippen LogP contribution in [-0.2, 0) is 14.4 Å². The summed E-state index contributed by atoms with van der Waals surface area (Å²) in [5.41, 5.74) is 1.34. The molecular formula is C34H41ClFN3O4. The second-order valence-corrected chi connectivity index (χ2v) is 12.4. The zero-order chi connectivity index (χ0) is 31.3. The molecule has 0 radical (unpaired) electrons. The van der Waals surface area contributed by atoms with Crippen molar-refractivity contribution in [3.05, 3.63) is 89.7 Å². The predicted molar refractivity (Wildman–Crippen MR) is 168 cm³/mol. The summed E-state index contributed by atoms with van der Waals surface area (Å²) in [6, 6.07) is 19.3. The van der Waals surface area contributed by atoms with E-state index in [9.17, 15) is 14.0 Å². The van der Waals surface area contributed by atoms with E-state index in [1.165, 1.54) is 17.0 Å². The first-order valence-corrected chi connectivity index (χ1v) is 15.1. The van der Waals surface area contributed by atoms with Gasteiger partial charge in [0.25, 0.3) is 5.91 Å². The lowest BCUT2D eigenvalue weighted by atomic mass is 9.98. The Hall–Kier alpha value is -3.46. The first-order valence-electron chi connectivity index (χ1n) is 14.6. The third-order valence-electron chi connectivity index (χ3n) is 7.31. The Balaban J connectivity index is 1.72. The summed E-state index contributed by atoms with van der Waals surface area (Å²) in [6.07, 6.45) is 0. The van der Waals surface area contributed by atoms with E-state index in [4.69, 9.17) is 21.2 Å². The molecule has 1 heterocycles. The van der Waals surface area contributed by atoms with Crippen LogP contribution in [0.25, 0.3) is 0 Å². The fourth-order valence-corrected chi connectivity index (χ4v) is 5.42. The van der Waals surface area contributed by atoms with Crippen molar-refractivity contribution in [3.8, 4) is 11.5 Å². The molecule has 0 saturated carbocycles. The Morgan fingerprint density at radius 2 is 1.67 bits per heavy atom. The molecule has 4 rings (SSSR count). The molecule has 1 aliphatic heterocycles. The van der Waals surface area contributed by atoms with Crippen molar-refractivity contribution >= 4 is 29.1 Å². The molecule has 1 saturated heterocycles. The molecular weight excluding hydrogens is 569 g/mol. The number of nitrogens with zero attached hydrogens (tertiary/aromatic N) is 3. The van der Waals surface area contributed by atoms with Crippen LogP contribution in [0, 0.1) is 18.7 Å². The topological polar surface area (TPSA) is 62.3 Å². The maximum Gasteiger partial charge on any atom is 0.250 e. The number of amides is 2. The average Bonchev–Trinajstić information content (AvgIpc) is 2.96. The number of hydroxylamine groups is 2. The second kappa shape index (κ2) is 13.9. The number of para-hydroxylation sites is 1. The molecule has 3 aromatic rings. The van der Waals surface area contributed by atoms with Gasteiger partial charge in [0.1, 0.15) is 29.2 Å². The van der Waals surface area contributed by atoms with Crippen molar-refractivity contribution in [1.82, 2.24) is 9.96 Å². The third kappa shape index (κ3) is 8.13. The monoisotopic (exact) mass is 609 g/mol. The van der Waals surface area contributed by atoms with Crippen molar-refractivity contribution in [2.45, 2.75) is 59.2 Å². The molecule has 3 aromatic carbocycles. The van der Waals surface area contributed by atoms with Gasteiger partial charge in [0.15, 0.2) is 0 Å². The van der Waals surface area contributed by atoms with Crippen LogP contribution in [0.4, 0.5) is 10.1 Å². The number of rotatable bonds is 9. The molecule has 9 heteroatoms. The normalized spacial score (nSPS) is 16.7. The Kier molecular flexibility index (Phi) is 10.5. The minimum absolute atomic E-state index is 0.0564. The molecule has 0 aromatic heterocycles. The van der Waals surface area contributed by atoms with Crippen LogP contribution >= 0.6 is 11.6 Å². The molecule has 0 unspecified atom stereocenters. The van der Waals surface area contributed by atoms with Gasteiger partial charge in [0, 0.05) is 25.3 Å². The predicted octanol–water partition coefficient (Wildman–Crippen LogP) is 7.14. The summed E-state index contributed by atoms with van der Waals surface area (Å²) in [5, 5.41) is 1.97. The first kappa shape index (κ1) is 32.5. The van der Waals surface area contributed by atoms with E-state index in [1.807, 2.05) is 69.2 Å². The fraction of sp³-hybridized carbons (Fsp3) is 0.412. The highest BCUT2D eigenvalue weighted by molar-refractivity contribution is 6.30. The van der Waals surface area contributed by atoms with Crippen LogP contribution in [0.1, 0.15) is 51.8 Å². The number of piperazine rings is 1. The summed E-state index contributed by atoms with van der Waals surface area (Å²) in [7, 11) is 0. The zero-order valence-corrected chi connectivity index (χ0v) is 26.5. The molecule has 43 heavy (non-hydrogen) atoms. The van der Waals surface area contributed by atoms with Crippen LogP contribution in [-0.4, -0.2) is 58.9 Å². The van der Waals surface area contributed by atoms with Gasteiger partial charge in [-0.3, -0.25) is 19.3 Å². The number of benzene rings is 3. The number of carbonyl (C=O) groups excluding carboxylic acids is 2. The number of alkyl halides is 1. The fourth-order valence-electron chi connectivity index (χ4n) is 5.29. The van der Waals surface area contributed by atoms with Gasteiger partial charge in [-0.05, 0) is 87.2 Å². The molecule has 0 N–H and O–H groups in total. The lowest BCUT2D eigenvalue weighted by molar-refractivity contribution is -0.268. The summed E-state index contributed by atoms with van der Waals surface area (Å²) < 4.78 is 20.0. The van der Waals surface area contributed by atoms with Gasteiger partial charge in [-0.2, -0.15) is 5.06 Å². The number of aryl methyl sites for hydroxylation is 1. The van der Waals surface area contributed by atoms with Crippen molar-refractivity contribution in [3.63, 3.8) is 0 Å². The Morgan fingerprint density at radius 3 is 2.26 bits per heavy atom. The van der Waals surface area contributed by atoms with E-state index in [2.05, 4.69) is 13.8 Å². The summed E-state index contributed by atoms with van der Waals surface area (Å²) in [5.74, 6) is -0.0237. The lowest BCUT2D eigenvalue weighted by Gasteiger charge is -2.46. The largest absolute Gasteiger partial charge is 0.457 e. The van der Waals surface area contributed by atoms with E-state index in [0.29, 0.717) is 42.4 Å². The van der Waals surface area contributed by atoms with Crippen LogP contribution in [0.5, 0.6) is 11.5 Å². The third-order valence-corrected chi connectivity index (χ3v) is 7.54. The first-order chi connectivity index (χ1) is 20.4. The van der Waals surface area contributed by atoms with Crippen LogP contribution in [0.3, 0.4) is 0 Å². The van der Waals surface area contributed by atoms with Gasteiger partial charge in [0.2, 0.25) is 5.91 Å². The highest BCUT2D eigenvalue weighted by atomic mass is 35.5. The van der Waals surface area contributed by atoms with E-state index < -0.39 is 17.8 Å². The van der Waals surface area contributed by atoms with E-state index in [1.54, 1.807) is 29.2 Å². The smallest absolute Gasteiger partial charge is 0.250 e. The number of halogens is 2. The second-order valence-electron chi connectivity index (χ2n) is 12.2. The number of anilines is 1. The number of hydrogen-bond acceptors (Lipinski definition) is 5. The summed E-state index contributed by atoms with van der Waals surface area (Å²) >= 11 is 6.16. The van der Waals surface area contributed by atoms with Gasteiger partial charge in [-0.25, -0.2) is 4.39 Å². The highest BCUT2D eigenvalue weighted by Gasteiger charge is 2.40. The summed E-state index contributed by atoms with van der Waals surface area (Å²) in [6.45, 7) is 13.4. The number of ether oxygens (including phenoxy) is 1. The minimum Gasteiger partial charge on any atom is -0.457 e. The van der Waals surface area contributed by atoms with Crippen molar-refractivity contribution in [2.24, 2.45) is 5.92 Å². The molecule has 1 fully saturated rings. The number of hydrogen-bond donors (Lipinski definition) is 0. The molecule has 230 valence electrons. The van der Waals surface area contributed by atoms with E-state index in [0.717, 1.165) is 5.56 Å². The quantitative estimate of drug-likeness (QED) is 0.241. The van der Waals surface area contributed by atoms with Gasteiger partial charge < -0.3 is 9.64 Å². The van der Waals surface area contributed by atoms with Gasteiger partial charge >= 0.3 is 0 Å². The van der Waals surface area contributed by atoms with E-state index in [-0.39, 0.29) is 29.3 Å². The van der Waals surface area contributed by atoms with Crippen LogP contribution < -0.4 is 9.64 Å². The highest BCUT2D eigenvalue weighted by Crippen LogP contribution is 2.36. The zero-order valence-electron chi connectivity index (χ0n) is 25.7. The van der Waals surface area contributed by atoms with Gasteiger partial charge in [-0.15, -0.1) is 11.6 Å². The van der Waals surface area contributed by atoms with Crippen molar-refractivity contribution in [1.29, 1.82) is 0 Å². The van der Waals surface area contributed by atoms with Gasteiger partial charge in [-0.1, -0.05) is 44.2 Å². The van der Waals surface area contributed by atoms with Crippen LogP contribution in [0.15, 0.2) is 72.8 Å². The summed E-state index contributed by atoms with van der Waals surface area (Å²) in [4.78, 5) is 37.5. The van der Waals surface area contributed by atoms with E-state index >= 15 is 0 Å². The molecule has 1 aliphatic rings. The molecule has 2 amide bonds. The Labute approximate surface area is 259 Å². The standard InChI is InChI=1S/C34H41ClFN3O4/c1-23(2)30-22-37(18-19-38(30)43-34(4,5)6)33(41)32(25-12-14-26(36)15-13-25)39(31(40)21-35)29-17-16-28(20-24(29)3)42-27-10-8-7-9-11-27/h7-17,20,23,30,32H,18-19,21-22H2,1-6H3/t30-,32+/m1/s1. The molecule has 0 bridgehead atoms. The van der Waals surface area contributed by atoms with Crippen molar-refractivity contribution < 1.29 is 23.6 Å². The van der Waals surface area contributed by atoms with Crippen molar-refractivity contribution in [2.75, 3.05) is 30.4 Å². The molecule has 7 nitrogen and oxygen atoms in total. The molecule has 0 spiro atoms. The average molecular weight is 610 g/mol. The maximum atomic E-state index is 14.5. The lowest BCUT2D eigenvalue weighted by Crippen LogP contribution is -2.59. The minimum atomic E-state index is -1.06.